The summed E-state index contributed by atoms with van der Waals surface area (Å²) in [5.41, 5.74) is 2.58. The lowest BCUT2D eigenvalue weighted by molar-refractivity contribution is 0.414. The van der Waals surface area contributed by atoms with E-state index in [1.54, 1.807) is 19.2 Å². The van der Waals surface area contributed by atoms with Crippen molar-refractivity contribution in [2.75, 3.05) is 19.1 Å². The Kier molecular flexibility index (Phi) is 4.49. The number of hydrogen-bond acceptors (Lipinski definition) is 3. The van der Waals surface area contributed by atoms with E-state index in [4.69, 9.17) is 21.6 Å². The lowest BCUT2D eigenvalue weighted by Gasteiger charge is -2.21. The highest BCUT2D eigenvalue weighted by molar-refractivity contribution is 6.30. The average Bonchev–Trinajstić information content (AvgIpc) is 2.48. The van der Waals surface area contributed by atoms with Gasteiger partial charge >= 0.3 is 0 Å². The summed E-state index contributed by atoms with van der Waals surface area (Å²) in [4.78, 5) is 2.01. The van der Waals surface area contributed by atoms with E-state index >= 15 is 0 Å². The summed E-state index contributed by atoms with van der Waals surface area (Å²) in [6, 6.07) is 15.3. The van der Waals surface area contributed by atoms with E-state index in [0.29, 0.717) is 17.1 Å². The van der Waals surface area contributed by atoms with Crippen LogP contribution in [0, 0.1) is 11.3 Å². The molecule has 102 valence electrons. The van der Waals surface area contributed by atoms with Crippen LogP contribution in [0.1, 0.15) is 11.1 Å². The molecule has 0 bridgehead atoms. The third-order valence-corrected chi connectivity index (χ3v) is 3.31. The molecule has 0 saturated carbocycles. The number of rotatable bonds is 4. The standard InChI is InChI=1S/C16H15ClN2O/c1-19(11-12-3-7-15(20-2)8-4-12)16-9-14(17)6-5-13(16)10-18/h3-9H,11H2,1-2H3. The van der Waals surface area contributed by atoms with Crippen LogP contribution in [0.5, 0.6) is 5.75 Å². The van der Waals surface area contributed by atoms with E-state index in [1.807, 2.05) is 42.3 Å². The molecule has 2 rings (SSSR count). The highest BCUT2D eigenvalue weighted by atomic mass is 35.5. The molecule has 0 N–H and O–H groups in total. The lowest BCUT2D eigenvalue weighted by Crippen LogP contribution is -2.17. The first-order valence-corrected chi connectivity index (χ1v) is 6.55. The van der Waals surface area contributed by atoms with Crippen LogP contribution in [0.4, 0.5) is 5.69 Å². The molecule has 0 radical (unpaired) electrons. The predicted octanol–water partition coefficient (Wildman–Crippen LogP) is 3.86. The highest BCUT2D eigenvalue weighted by Gasteiger charge is 2.09. The summed E-state index contributed by atoms with van der Waals surface area (Å²) < 4.78 is 5.14. The molecule has 0 aliphatic carbocycles. The summed E-state index contributed by atoms with van der Waals surface area (Å²) in [6.07, 6.45) is 0. The first kappa shape index (κ1) is 14.2. The first-order chi connectivity index (χ1) is 9.63. The van der Waals surface area contributed by atoms with Crippen molar-refractivity contribution in [3.63, 3.8) is 0 Å². The second-order valence-corrected chi connectivity index (χ2v) is 4.91. The van der Waals surface area contributed by atoms with Crippen LogP contribution >= 0.6 is 11.6 Å². The van der Waals surface area contributed by atoms with Crippen molar-refractivity contribution in [1.82, 2.24) is 0 Å². The summed E-state index contributed by atoms with van der Waals surface area (Å²) in [5.74, 6) is 0.830. The molecule has 0 atom stereocenters. The van der Waals surface area contributed by atoms with Crippen LogP contribution in [0.3, 0.4) is 0 Å². The number of ether oxygens (including phenoxy) is 1. The zero-order valence-electron chi connectivity index (χ0n) is 11.4. The Morgan fingerprint density at radius 2 is 1.90 bits per heavy atom. The van der Waals surface area contributed by atoms with Crippen molar-refractivity contribution in [2.45, 2.75) is 6.54 Å². The predicted molar refractivity (Wildman–Crippen MR) is 81.3 cm³/mol. The SMILES string of the molecule is COc1ccc(CN(C)c2cc(Cl)ccc2C#N)cc1. The quantitative estimate of drug-likeness (QED) is 0.856. The third kappa shape index (κ3) is 3.23. The summed E-state index contributed by atoms with van der Waals surface area (Å²) >= 11 is 6.01. The fourth-order valence-corrected chi connectivity index (χ4v) is 2.17. The summed E-state index contributed by atoms with van der Waals surface area (Å²) in [5, 5.41) is 9.78. The van der Waals surface area contributed by atoms with Crippen LogP contribution in [0.15, 0.2) is 42.5 Å². The molecular formula is C16H15ClN2O. The lowest BCUT2D eigenvalue weighted by atomic mass is 10.1. The fraction of sp³-hybridized carbons (Fsp3) is 0.188. The molecule has 0 saturated heterocycles. The summed E-state index contributed by atoms with van der Waals surface area (Å²) in [7, 11) is 3.59. The number of methoxy groups -OCH3 is 1. The Bertz CT molecular complexity index is 632. The number of nitrogens with zero attached hydrogens (tertiary/aromatic N) is 2. The van der Waals surface area contributed by atoms with Crippen LogP contribution in [-0.2, 0) is 6.54 Å². The van der Waals surface area contributed by atoms with Crippen molar-refractivity contribution in [3.05, 3.63) is 58.6 Å². The van der Waals surface area contributed by atoms with Crippen molar-refractivity contribution in [3.8, 4) is 11.8 Å². The van der Waals surface area contributed by atoms with Gasteiger partial charge in [0.05, 0.1) is 18.4 Å². The Labute approximate surface area is 124 Å². The fourth-order valence-electron chi connectivity index (χ4n) is 2.01. The minimum atomic E-state index is 0.616. The Morgan fingerprint density at radius 3 is 2.50 bits per heavy atom. The smallest absolute Gasteiger partial charge is 0.118 e. The van der Waals surface area contributed by atoms with Gasteiger partial charge < -0.3 is 9.64 Å². The van der Waals surface area contributed by atoms with Gasteiger partial charge in [-0.3, -0.25) is 0 Å². The maximum absolute atomic E-state index is 9.16. The molecule has 2 aromatic carbocycles. The molecule has 0 aromatic heterocycles. The minimum Gasteiger partial charge on any atom is -0.497 e. The molecular weight excluding hydrogens is 272 g/mol. The van der Waals surface area contributed by atoms with Gasteiger partial charge in [0.15, 0.2) is 0 Å². The number of hydrogen-bond donors (Lipinski definition) is 0. The van der Waals surface area contributed by atoms with Crippen molar-refractivity contribution < 1.29 is 4.74 Å². The largest absolute Gasteiger partial charge is 0.497 e. The molecule has 0 amide bonds. The van der Waals surface area contributed by atoms with E-state index < -0.39 is 0 Å². The van der Waals surface area contributed by atoms with E-state index in [1.165, 1.54) is 0 Å². The molecule has 0 heterocycles. The van der Waals surface area contributed by atoms with Crippen molar-refractivity contribution in [1.29, 1.82) is 5.26 Å². The van der Waals surface area contributed by atoms with Crippen LogP contribution < -0.4 is 9.64 Å². The summed E-state index contributed by atoms with van der Waals surface area (Å²) in [6.45, 7) is 0.693. The average molecular weight is 287 g/mol. The van der Waals surface area contributed by atoms with Crippen LogP contribution in [-0.4, -0.2) is 14.2 Å². The molecule has 0 unspecified atom stereocenters. The zero-order chi connectivity index (χ0) is 14.5. The Balaban J connectivity index is 2.21. The zero-order valence-corrected chi connectivity index (χ0v) is 12.2. The van der Waals surface area contributed by atoms with Gasteiger partial charge in [0.2, 0.25) is 0 Å². The number of benzene rings is 2. The molecule has 0 fully saturated rings. The molecule has 0 spiro atoms. The molecule has 3 nitrogen and oxygen atoms in total. The van der Waals surface area contributed by atoms with E-state index in [9.17, 15) is 0 Å². The van der Waals surface area contributed by atoms with Gasteiger partial charge in [0.1, 0.15) is 11.8 Å². The molecule has 20 heavy (non-hydrogen) atoms. The second-order valence-electron chi connectivity index (χ2n) is 4.48. The first-order valence-electron chi connectivity index (χ1n) is 6.17. The van der Waals surface area contributed by atoms with E-state index in [0.717, 1.165) is 17.0 Å². The second kappa shape index (κ2) is 6.31. The molecule has 0 aliphatic rings. The minimum absolute atomic E-state index is 0.616. The van der Waals surface area contributed by atoms with E-state index in [2.05, 4.69) is 6.07 Å². The van der Waals surface area contributed by atoms with Gasteiger partial charge in [-0.15, -0.1) is 0 Å². The van der Waals surface area contributed by atoms with Crippen molar-refractivity contribution in [2.24, 2.45) is 0 Å². The number of anilines is 1. The Morgan fingerprint density at radius 1 is 1.20 bits per heavy atom. The Hall–Kier alpha value is -2.18. The van der Waals surface area contributed by atoms with Gasteiger partial charge in [-0.2, -0.15) is 5.26 Å². The topological polar surface area (TPSA) is 36.3 Å². The molecule has 2 aromatic rings. The third-order valence-electron chi connectivity index (χ3n) is 3.07. The number of nitriles is 1. The molecule has 0 aliphatic heterocycles. The van der Waals surface area contributed by atoms with Crippen molar-refractivity contribution >= 4 is 17.3 Å². The van der Waals surface area contributed by atoms with Gasteiger partial charge in [-0.1, -0.05) is 23.7 Å². The highest BCUT2D eigenvalue weighted by Crippen LogP contribution is 2.25. The number of halogens is 1. The van der Waals surface area contributed by atoms with Gasteiger partial charge in [0, 0.05) is 18.6 Å². The van der Waals surface area contributed by atoms with Crippen LogP contribution in [0.25, 0.3) is 0 Å². The van der Waals surface area contributed by atoms with E-state index in [-0.39, 0.29) is 0 Å². The van der Waals surface area contributed by atoms with Gasteiger partial charge in [-0.05, 0) is 35.9 Å². The normalized spacial score (nSPS) is 9.90. The maximum atomic E-state index is 9.16. The van der Waals surface area contributed by atoms with Gasteiger partial charge in [0.25, 0.3) is 0 Å². The maximum Gasteiger partial charge on any atom is 0.118 e. The molecule has 4 heteroatoms. The monoisotopic (exact) mass is 286 g/mol. The van der Waals surface area contributed by atoms with Gasteiger partial charge in [-0.25, -0.2) is 0 Å². The van der Waals surface area contributed by atoms with Crippen LogP contribution in [0.2, 0.25) is 5.02 Å².